The molecule has 1 aliphatic rings. The van der Waals surface area contributed by atoms with E-state index in [1.165, 1.54) is 0 Å². The van der Waals surface area contributed by atoms with Crippen LogP contribution in [0.15, 0.2) is 23.1 Å². The molecule has 15 heavy (non-hydrogen) atoms. The minimum atomic E-state index is -0.533. The molecule has 0 N–H and O–H groups in total. The number of carbonyl (C=O) groups is 2. The van der Waals surface area contributed by atoms with Crippen molar-refractivity contribution in [2.45, 2.75) is 18.2 Å². The molecule has 0 aromatic heterocycles. The molecule has 0 amide bonds. The monoisotopic (exact) mass is 222 g/mol. The predicted octanol–water partition coefficient (Wildman–Crippen LogP) is 2.50. The first kappa shape index (κ1) is 10.2. The molecule has 1 aromatic carbocycles. The highest BCUT2D eigenvalue weighted by Gasteiger charge is 2.31. The number of benzene rings is 1. The second-order valence-electron chi connectivity index (χ2n) is 3.20. The van der Waals surface area contributed by atoms with Gasteiger partial charge in [0.25, 0.3) is 0 Å². The number of hydrogen-bond acceptors (Lipinski definition) is 4. The fourth-order valence-electron chi connectivity index (χ4n) is 1.43. The summed E-state index contributed by atoms with van der Waals surface area (Å²) in [7, 11) is 0. The summed E-state index contributed by atoms with van der Waals surface area (Å²) in [4.78, 5) is 23.5. The average Bonchev–Trinajstić information content (AvgIpc) is 2.53. The maximum absolute atomic E-state index is 11.4. The van der Waals surface area contributed by atoms with Crippen LogP contribution in [0.3, 0.4) is 0 Å². The minimum Gasteiger partial charge on any atom is -0.386 e. The Bertz CT molecular complexity index is 426. The highest BCUT2D eigenvalue weighted by Crippen LogP contribution is 2.30. The fourth-order valence-corrected chi connectivity index (χ4v) is 2.37. The van der Waals surface area contributed by atoms with Crippen LogP contribution in [0, 0.1) is 0 Å². The number of carbonyl (C=O) groups excluding carboxylic acids is 2. The standard InChI is InChI=1S/C11H10O3S/c1-2-6-15-8-5-3-4-7-9(8)11(13)14-10(7)12/h3-5H,2,6H2,1H3. The normalized spacial score (nSPS) is 13.9. The summed E-state index contributed by atoms with van der Waals surface area (Å²) in [6.07, 6.45) is 1.03. The zero-order valence-corrected chi connectivity index (χ0v) is 9.10. The van der Waals surface area contributed by atoms with Crippen LogP contribution >= 0.6 is 11.8 Å². The van der Waals surface area contributed by atoms with E-state index in [4.69, 9.17) is 0 Å². The lowest BCUT2D eigenvalue weighted by Gasteiger charge is -2.02. The quantitative estimate of drug-likeness (QED) is 0.447. The third-order valence-electron chi connectivity index (χ3n) is 2.10. The van der Waals surface area contributed by atoms with Crippen molar-refractivity contribution >= 4 is 23.7 Å². The summed E-state index contributed by atoms with van der Waals surface area (Å²) in [6.45, 7) is 2.07. The third kappa shape index (κ3) is 1.77. The van der Waals surface area contributed by atoms with E-state index in [1.54, 1.807) is 23.9 Å². The SMILES string of the molecule is CCCSc1cccc2c1C(=O)OC2=O. The Morgan fingerprint density at radius 2 is 2.07 bits per heavy atom. The van der Waals surface area contributed by atoms with Gasteiger partial charge in [-0.15, -0.1) is 11.8 Å². The van der Waals surface area contributed by atoms with Crippen molar-refractivity contribution < 1.29 is 14.3 Å². The molecule has 78 valence electrons. The van der Waals surface area contributed by atoms with Crippen molar-refractivity contribution in [3.05, 3.63) is 29.3 Å². The molecular weight excluding hydrogens is 212 g/mol. The highest BCUT2D eigenvalue weighted by atomic mass is 32.2. The smallest absolute Gasteiger partial charge is 0.348 e. The Morgan fingerprint density at radius 3 is 2.80 bits per heavy atom. The highest BCUT2D eigenvalue weighted by molar-refractivity contribution is 7.99. The molecule has 1 aromatic rings. The Labute approximate surface area is 91.8 Å². The largest absolute Gasteiger partial charge is 0.386 e. The molecule has 1 heterocycles. The molecule has 0 saturated heterocycles. The van der Waals surface area contributed by atoms with E-state index >= 15 is 0 Å². The number of thioether (sulfide) groups is 1. The lowest BCUT2D eigenvalue weighted by molar-refractivity contribution is 0.0442. The summed E-state index contributed by atoms with van der Waals surface area (Å²) >= 11 is 1.58. The van der Waals surface area contributed by atoms with Gasteiger partial charge >= 0.3 is 11.9 Å². The molecule has 2 rings (SSSR count). The molecule has 0 aliphatic carbocycles. The second-order valence-corrected chi connectivity index (χ2v) is 4.34. The Balaban J connectivity index is 2.41. The maximum Gasteiger partial charge on any atom is 0.348 e. The molecule has 0 spiro atoms. The van der Waals surface area contributed by atoms with Gasteiger partial charge < -0.3 is 4.74 Å². The Kier molecular flexibility index (Phi) is 2.77. The van der Waals surface area contributed by atoms with Crippen molar-refractivity contribution in [3.63, 3.8) is 0 Å². The molecule has 4 heteroatoms. The summed E-state index contributed by atoms with van der Waals surface area (Å²) in [5, 5.41) is 0. The third-order valence-corrected chi connectivity index (χ3v) is 3.36. The van der Waals surface area contributed by atoms with Crippen LogP contribution < -0.4 is 0 Å². The lowest BCUT2D eigenvalue weighted by atomic mass is 10.1. The van der Waals surface area contributed by atoms with Crippen LogP contribution in [-0.2, 0) is 4.74 Å². The average molecular weight is 222 g/mol. The number of rotatable bonds is 3. The van der Waals surface area contributed by atoms with Crippen LogP contribution in [0.4, 0.5) is 0 Å². The number of ether oxygens (including phenoxy) is 1. The molecule has 0 atom stereocenters. The number of esters is 2. The van der Waals surface area contributed by atoms with Gasteiger partial charge in [0.1, 0.15) is 0 Å². The van der Waals surface area contributed by atoms with Gasteiger partial charge in [-0.25, -0.2) is 9.59 Å². The van der Waals surface area contributed by atoms with Crippen LogP contribution in [0.25, 0.3) is 0 Å². The van der Waals surface area contributed by atoms with E-state index < -0.39 is 11.9 Å². The van der Waals surface area contributed by atoms with Crippen LogP contribution in [0.2, 0.25) is 0 Å². The van der Waals surface area contributed by atoms with Crippen molar-refractivity contribution in [1.29, 1.82) is 0 Å². The predicted molar refractivity (Wildman–Crippen MR) is 57.2 cm³/mol. The first-order chi connectivity index (χ1) is 7.24. The van der Waals surface area contributed by atoms with Crippen LogP contribution in [0.1, 0.15) is 34.1 Å². The number of hydrogen-bond donors (Lipinski definition) is 0. The number of fused-ring (bicyclic) bond motifs is 1. The summed E-state index contributed by atoms with van der Waals surface area (Å²) in [5.41, 5.74) is 0.821. The molecule has 0 saturated carbocycles. The molecule has 0 radical (unpaired) electrons. The summed E-state index contributed by atoms with van der Waals surface area (Å²) < 4.78 is 4.56. The van der Waals surface area contributed by atoms with Gasteiger partial charge in [-0.3, -0.25) is 0 Å². The molecule has 0 bridgehead atoms. The molecule has 3 nitrogen and oxygen atoms in total. The van der Waals surface area contributed by atoms with Crippen LogP contribution in [-0.4, -0.2) is 17.7 Å². The minimum absolute atomic E-state index is 0.390. The van der Waals surface area contributed by atoms with Gasteiger partial charge in [0, 0.05) is 4.90 Å². The van der Waals surface area contributed by atoms with Crippen molar-refractivity contribution in [1.82, 2.24) is 0 Å². The lowest BCUT2D eigenvalue weighted by Crippen LogP contribution is -1.97. The van der Waals surface area contributed by atoms with Crippen molar-refractivity contribution in [2.24, 2.45) is 0 Å². The van der Waals surface area contributed by atoms with Gasteiger partial charge in [0.05, 0.1) is 11.1 Å². The molecule has 1 aliphatic heterocycles. The zero-order valence-electron chi connectivity index (χ0n) is 8.28. The van der Waals surface area contributed by atoms with E-state index in [9.17, 15) is 9.59 Å². The topological polar surface area (TPSA) is 43.4 Å². The van der Waals surface area contributed by atoms with Crippen molar-refractivity contribution in [3.8, 4) is 0 Å². The Hall–Kier alpha value is -1.29. The van der Waals surface area contributed by atoms with E-state index in [0.29, 0.717) is 11.1 Å². The van der Waals surface area contributed by atoms with Gasteiger partial charge in [0.2, 0.25) is 0 Å². The molecular formula is C11H10O3S. The second kappa shape index (κ2) is 4.06. The van der Waals surface area contributed by atoms with E-state index in [-0.39, 0.29) is 0 Å². The first-order valence-corrected chi connectivity index (χ1v) is 5.75. The van der Waals surface area contributed by atoms with E-state index in [2.05, 4.69) is 11.7 Å². The maximum atomic E-state index is 11.4. The van der Waals surface area contributed by atoms with E-state index in [1.807, 2.05) is 6.07 Å². The number of cyclic esters (lactones) is 2. The fraction of sp³-hybridized carbons (Fsp3) is 0.273. The van der Waals surface area contributed by atoms with Crippen molar-refractivity contribution in [2.75, 3.05) is 5.75 Å². The van der Waals surface area contributed by atoms with Gasteiger partial charge in [-0.1, -0.05) is 13.0 Å². The summed E-state index contributed by atoms with van der Waals surface area (Å²) in [6, 6.07) is 5.24. The van der Waals surface area contributed by atoms with Gasteiger partial charge in [-0.05, 0) is 24.3 Å². The van der Waals surface area contributed by atoms with Gasteiger partial charge in [0.15, 0.2) is 0 Å². The Morgan fingerprint density at radius 1 is 1.27 bits per heavy atom. The van der Waals surface area contributed by atoms with Gasteiger partial charge in [-0.2, -0.15) is 0 Å². The molecule has 0 unspecified atom stereocenters. The van der Waals surface area contributed by atoms with E-state index in [0.717, 1.165) is 17.1 Å². The first-order valence-electron chi connectivity index (χ1n) is 4.76. The zero-order chi connectivity index (χ0) is 10.8. The molecule has 0 fully saturated rings. The van der Waals surface area contributed by atoms with Crippen LogP contribution in [0.5, 0.6) is 0 Å². The summed E-state index contributed by atoms with van der Waals surface area (Å²) in [5.74, 6) is -0.124.